The average molecular weight is 460 g/mol. The zero-order chi connectivity index (χ0) is 23.9. The van der Waals surface area contributed by atoms with Gasteiger partial charge in [-0.25, -0.2) is 0 Å². The molecule has 0 bridgehead atoms. The second kappa shape index (κ2) is 8.55. The Balaban J connectivity index is 1.18. The highest BCUT2D eigenvalue weighted by Gasteiger charge is 2.11. The van der Waals surface area contributed by atoms with Gasteiger partial charge >= 0.3 is 0 Å². The van der Waals surface area contributed by atoms with Crippen LogP contribution in [0.1, 0.15) is 11.1 Å². The Kier molecular flexibility index (Phi) is 4.92. The van der Waals surface area contributed by atoms with Crippen molar-refractivity contribution in [1.82, 2.24) is 4.57 Å². The maximum absolute atomic E-state index is 2.37. The summed E-state index contributed by atoms with van der Waals surface area (Å²) in [5.74, 6) is 0. The third-order valence-electron chi connectivity index (χ3n) is 7.24. The van der Waals surface area contributed by atoms with Gasteiger partial charge in [0.1, 0.15) is 0 Å². The highest BCUT2D eigenvalue weighted by Crippen LogP contribution is 2.32. The van der Waals surface area contributed by atoms with E-state index in [9.17, 15) is 0 Å². The fourth-order valence-electron chi connectivity index (χ4n) is 5.48. The van der Waals surface area contributed by atoms with Crippen molar-refractivity contribution in [2.45, 2.75) is 6.42 Å². The van der Waals surface area contributed by atoms with Crippen molar-refractivity contribution < 1.29 is 0 Å². The van der Waals surface area contributed by atoms with Crippen molar-refractivity contribution in [3.8, 4) is 16.8 Å². The van der Waals surface area contributed by atoms with Gasteiger partial charge in [0.2, 0.25) is 0 Å². The van der Waals surface area contributed by atoms with Crippen LogP contribution in [-0.4, -0.2) is 4.57 Å². The Morgan fingerprint density at radius 1 is 0.417 bits per heavy atom. The number of rotatable bonds is 4. The van der Waals surface area contributed by atoms with Gasteiger partial charge in [-0.3, -0.25) is 0 Å². The number of aromatic nitrogens is 1. The van der Waals surface area contributed by atoms with E-state index in [1.54, 1.807) is 0 Å². The standard InChI is InChI=1S/C35H25N/c1-2-10-30-27(8-1)9-7-13-31(30)28-20-16-25(17-21-28)24-26-18-22-29(23-19-26)36-34-14-5-3-11-32(34)33-12-4-6-15-35(33)36/h1-23H,24H2. The molecule has 0 radical (unpaired) electrons. The summed E-state index contributed by atoms with van der Waals surface area (Å²) < 4.78 is 2.37. The molecule has 0 N–H and O–H groups in total. The number of hydrogen-bond acceptors (Lipinski definition) is 0. The van der Waals surface area contributed by atoms with E-state index in [1.807, 2.05) is 0 Å². The lowest BCUT2D eigenvalue weighted by Crippen LogP contribution is -1.95. The molecular formula is C35H25N. The summed E-state index contributed by atoms with van der Waals surface area (Å²) >= 11 is 0. The predicted octanol–water partition coefficient (Wildman–Crippen LogP) is 9.19. The minimum atomic E-state index is 0.920. The first kappa shape index (κ1) is 20.7. The largest absolute Gasteiger partial charge is 0.309 e. The van der Waals surface area contributed by atoms with Crippen molar-refractivity contribution in [3.05, 3.63) is 151 Å². The molecule has 36 heavy (non-hydrogen) atoms. The summed E-state index contributed by atoms with van der Waals surface area (Å²) in [5, 5.41) is 5.17. The van der Waals surface area contributed by atoms with Crippen LogP contribution in [0, 0.1) is 0 Å². The molecule has 0 spiro atoms. The molecule has 0 saturated heterocycles. The number of hydrogen-bond donors (Lipinski definition) is 0. The van der Waals surface area contributed by atoms with Crippen LogP contribution in [-0.2, 0) is 6.42 Å². The van der Waals surface area contributed by atoms with Crippen molar-refractivity contribution in [2.24, 2.45) is 0 Å². The average Bonchev–Trinajstić information content (AvgIpc) is 3.28. The van der Waals surface area contributed by atoms with E-state index in [0.29, 0.717) is 0 Å². The van der Waals surface area contributed by atoms with Gasteiger partial charge in [-0.1, -0.05) is 115 Å². The topological polar surface area (TPSA) is 4.93 Å². The Labute approximate surface area is 210 Å². The monoisotopic (exact) mass is 459 g/mol. The van der Waals surface area contributed by atoms with Crippen LogP contribution < -0.4 is 0 Å². The molecule has 0 aliphatic carbocycles. The molecule has 170 valence electrons. The van der Waals surface area contributed by atoms with Gasteiger partial charge in [0.25, 0.3) is 0 Å². The Morgan fingerprint density at radius 2 is 0.944 bits per heavy atom. The third-order valence-corrected chi connectivity index (χ3v) is 7.24. The number of benzene rings is 6. The molecule has 7 aromatic rings. The number of fused-ring (bicyclic) bond motifs is 4. The molecule has 0 unspecified atom stereocenters. The minimum absolute atomic E-state index is 0.920. The second-order valence-electron chi connectivity index (χ2n) is 9.44. The third kappa shape index (κ3) is 3.49. The lowest BCUT2D eigenvalue weighted by Gasteiger charge is -2.10. The van der Waals surface area contributed by atoms with Gasteiger partial charge in [-0.05, 0) is 63.7 Å². The molecule has 0 amide bonds. The van der Waals surface area contributed by atoms with Gasteiger partial charge < -0.3 is 4.57 Å². The highest BCUT2D eigenvalue weighted by atomic mass is 15.0. The molecule has 1 heteroatoms. The van der Waals surface area contributed by atoms with Gasteiger partial charge in [0.05, 0.1) is 11.0 Å². The van der Waals surface area contributed by atoms with Gasteiger partial charge in [0, 0.05) is 16.5 Å². The van der Waals surface area contributed by atoms with Crippen molar-refractivity contribution in [1.29, 1.82) is 0 Å². The summed E-state index contributed by atoms with van der Waals surface area (Å²) in [6, 6.07) is 50.5. The van der Waals surface area contributed by atoms with Crippen LogP contribution in [0.3, 0.4) is 0 Å². The fourth-order valence-corrected chi connectivity index (χ4v) is 5.48. The van der Waals surface area contributed by atoms with Gasteiger partial charge in [-0.2, -0.15) is 0 Å². The minimum Gasteiger partial charge on any atom is -0.309 e. The van der Waals surface area contributed by atoms with E-state index in [-0.39, 0.29) is 0 Å². The van der Waals surface area contributed by atoms with Crippen LogP contribution in [0.15, 0.2) is 140 Å². The van der Waals surface area contributed by atoms with E-state index in [4.69, 9.17) is 0 Å². The molecule has 0 atom stereocenters. The van der Waals surface area contributed by atoms with E-state index in [2.05, 4.69) is 144 Å². The SMILES string of the molecule is c1ccc2c(-c3ccc(Cc4ccc(-n5c6ccccc6c6ccccc65)cc4)cc3)cccc2c1. The van der Waals surface area contributed by atoms with Crippen molar-refractivity contribution >= 4 is 32.6 Å². The van der Waals surface area contributed by atoms with Crippen molar-refractivity contribution in [2.75, 3.05) is 0 Å². The van der Waals surface area contributed by atoms with E-state index in [0.717, 1.165) is 6.42 Å². The predicted molar refractivity (Wildman–Crippen MR) is 153 cm³/mol. The summed E-state index contributed by atoms with van der Waals surface area (Å²) in [7, 11) is 0. The second-order valence-corrected chi connectivity index (χ2v) is 9.44. The van der Waals surface area contributed by atoms with Crippen LogP contribution in [0.5, 0.6) is 0 Å². The van der Waals surface area contributed by atoms with E-state index < -0.39 is 0 Å². The summed E-state index contributed by atoms with van der Waals surface area (Å²) in [5.41, 5.74) is 8.88. The van der Waals surface area contributed by atoms with Crippen LogP contribution in [0.2, 0.25) is 0 Å². The zero-order valence-electron chi connectivity index (χ0n) is 19.9. The molecule has 0 saturated carbocycles. The van der Waals surface area contributed by atoms with Gasteiger partial charge in [-0.15, -0.1) is 0 Å². The zero-order valence-corrected chi connectivity index (χ0v) is 19.9. The molecule has 1 aromatic heterocycles. The fraction of sp³-hybridized carbons (Fsp3) is 0.0286. The van der Waals surface area contributed by atoms with E-state index in [1.165, 1.54) is 60.5 Å². The lowest BCUT2D eigenvalue weighted by atomic mass is 9.96. The molecule has 1 heterocycles. The molecule has 7 rings (SSSR count). The summed E-state index contributed by atoms with van der Waals surface area (Å²) in [4.78, 5) is 0. The van der Waals surface area contributed by atoms with Gasteiger partial charge in [0.15, 0.2) is 0 Å². The summed E-state index contributed by atoms with van der Waals surface area (Å²) in [6.07, 6.45) is 0.920. The lowest BCUT2D eigenvalue weighted by molar-refractivity contribution is 1.15. The first-order valence-corrected chi connectivity index (χ1v) is 12.5. The van der Waals surface area contributed by atoms with Crippen LogP contribution in [0.25, 0.3) is 49.4 Å². The molecule has 0 aliphatic heterocycles. The van der Waals surface area contributed by atoms with Crippen LogP contribution in [0.4, 0.5) is 0 Å². The quantitative estimate of drug-likeness (QED) is 0.247. The molecule has 0 fully saturated rings. The molecule has 6 aromatic carbocycles. The molecule has 0 aliphatic rings. The normalized spacial score (nSPS) is 11.4. The number of para-hydroxylation sites is 2. The Hall–Kier alpha value is -4.62. The van der Waals surface area contributed by atoms with Crippen LogP contribution >= 0.6 is 0 Å². The molecular weight excluding hydrogens is 434 g/mol. The highest BCUT2D eigenvalue weighted by molar-refractivity contribution is 6.09. The maximum Gasteiger partial charge on any atom is 0.0541 e. The first-order valence-electron chi connectivity index (χ1n) is 12.5. The number of nitrogens with zero attached hydrogens (tertiary/aromatic N) is 1. The van der Waals surface area contributed by atoms with E-state index >= 15 is 0 Å². The smallest absolute Gasteiger partial charge is 0.0541 e. The Morgan fingerprint density at radius 3 is 1.61 bits per heavy atom. The summed E-state index contributed by atoms with van der Waals surface area (Å²) in [6.45, 7) is 0. The van der Waals surface area contributed by atoms with Crippen molar-refractivity contribution in [3.63, 3.8) is 0 Å². The maximum atomic E-state index is 2.37. The Bertz CT molecular complexity index is 1780. The first-order chi connectivity index (χ1) is 17.8. The molecule has 1 nitrogen and oxygen atoms in total.